The fraction of sp³-hybridized carbons (Fsp3) is 0.333. The van der Waals surface area contributed by atoms with E-state index in [9.17, 15) is 9.59 Å². The molecule has 1 amide bonds. The van der Waals surface area contributed by atoms with Crippen molar-refractivity contribution in [2.45, 2.75) is 19.9 Å². The molecular weight excluding hydrogens is 346 g/mol. The van der Waals surface area contributed by atoms with Gasteiger partial charge in [-0.15, -0.1) is 0 Å². The number of nitrogens with one attached hydrogen (secondary N) is 1. The molecule has 6 nitrogen and oxygen atoms in total. The van der Waals surface area contributed by atoms with Crippen molar-refractivity contribution < 1.29 is 23.8 Å². The molecule has 1 aliphatic heterocycles. The number of methoxy groups -OCH3 is 1. The van der Waals surface area contributed by atoms with Crippen LogP contribution in [0.25, 0.3) is 0 Å². The van der Waals surface area contributed by atoms with Gasteiger partial charge in [-0.05, 0) is 47.9 Å². The summed E-state index contributed by atoms with van der Waals surface area (Å²) in [5, 5.41) is 3.07. The highest BCUT2D eigenvalue weighted by Gasteiger charge is 2.22. The molecule has 0 spiro atoms. The van der Waals surface area contributed by atoms with Crippen molar-refractivity contribution in [3.05, 3.63) is 59.2 Å². The van der Waals surface area contributed by atoms with Crippen LogP contribution in [0.1, 0.15) is 46.2 Å². The molecule has 0 fully saturated rings. The fourth-order valence-corrected chi connectivity index (χ4v) is 2.99. The SMILES string of the molecule is COC(=O)c1ccc(C(=O)N[C@@H](c2ccc3c(c2)OCCO3)C(C)C)cc1. The Morgan fingerprint density at radius 3 is 2.22 bits per heavy atom. The summed E-state index contributed by atoms with van der Waals surface area (Å²) in [6.45, 7) is 5.14. The number of hydrogen-bond donors (Lipinski definition) is 1. The van der Waals surface area contributed by atoms with Crippen LogP contribution in [-0.2, 0) is 4.74 Å². The molecule has 0 radical (unpaired) electrons. The Bertz CT molecular complexity index is 829. The minimum absolute atomic E-state index is 0.172. The molecule has 0 saturated carbocycles. The van der Waals surface area contributed by atoms with Crippen molar-refractivity contribution in [2.75, 3.05) is 20.3 Å². The molecule has 142 valence electrons. The molecule has 0 aliphatic carbocycles. The zero-order chi connectivity index (χ0) is 19.4. The van der Waals surface area contributed by atoms with Gasteiger partial charge in [-0.2, -0.15) is 0 Å². The lowest BCUT2D eigenvalue weighted by Gasteiger charge is -2.25. The van der Waals surface area contributed by atoms with Crippen molar-refractivity contribution >= 4 is 11.9 Å². The number of esters is 1. The number of amides is 1. The third kappa shape index (κ3) is 4.22. The third-order valence-corrected chi connectivity index (χ3v) is 4.45. The normalized spacial score (nSPS) is 13.8. The van der Waals surface area contributed by atoms with E-state index in [-0.39, 0.29) is 17.9 Å². The smallest absolute Gasteiger partial charge is 0.337 e. The molecule has 0 saturated heterocycles. The fourth-order valence-electron chi connectivity index (χ4n) is 2.99. The first-order chi connectivity index (χ1) is 13.0. The summed E-state index contributed by atoms with van der Waals surface area (Å²) < 4.78 is 15.9. The third-order valence-electron chi connectivity index (χ3n) is 4.45. The predicted molar refractivity (Wildman–Crippen MR) is 100 cm³/mol. The molecule has 1 aliphatic rings. The van der Waals surface area contributed by atoms with Crippen LogP contribution in [0.2, 0.25) is 0 Å². The lowest BCUT2D eigenvalue weighted by Crippen LogP contribution is -2.32. The highest BCUT2D eigenvalue weighted by Crippen LogP contribution is 2.34. The Morgan fingerprint density at radius 2 is 1.59 bits per heavy atom. The second kappa shape index (κ2) is 8.12. The molecule has 0 unspecified atom stereocenters. The number of ether oxygens (including phenoxy) is 3. The van der Waals surface area contributed by atoms with Gasteiger partial charge in [-0.1, -0.05) is 19.9 Å². The second-order valence-corrected chi connectivity index (χ2v) is 6.67. The summed E-state index contributed by atoms with van der Waals surface area (Å²) in [5.41, 5.74) is 1.83. The minimum atomic E-state index is -0.432. The average molecular weight is 369 g/mol. The first-order valence-corrected chi connectivity index (χ1v) is 8.88. The molecule has 1 atom stereocenters. The van der Waals surface area contributed by atoms with Gasteiger partial charge >= 0.3 is 5.97 Å². The van der Waals surface area contributed by atoms with Crippen LogP contribution in [0.3, 0.4) is 0 Å². The molecular formula is C21H23NO5. The van der Waals surface area contributed by atoms with Crippen LogP contribution in [-0.4, -0.2) is 32.2 Å². The van der Waals surface area contributed by atoms with Crippen molar-refractivity contribution in [1.82, 2.24) is 5.32 Å². The van der Waals surface area contributed by atoms with Crippen LogP contribution >= 0.6 is 0 Å². The van der Waals surface area contributed by atoms with Gasteiger partial charge in [0.05, 0.1) is 18.7 Å². The molecule has 3 rings (SSSR count). The van der Waals surface area contributed by atoms with Crippen LogP contribution in [0.4, 0.5) is 0 Å². The van der Waals surface area contributed by atoms with Crippen molar-refractivity contribution in [3.63, 3.8) is 0 Å². The highest BCUT2D eigenvalue weighted by molar-refractivity contribution is 5.96. The van der Waals surface area contributed by atoms with Gasteiger partial charge in [0, 0.05) is 5.56 Å². The van der Waals surface area contributed by atoms with Crippen LogP contribution in [0.5, 0.6) is 11.5 Å². The monoisotopic (exact) mass is 369 g/mol. The Hall–Kier alpha value is -3.02. The molecule has 2 aromatic carbocycles. The lowest BCUT2D eigenvalue weighted by atomic mass is 9.95. The van der Waals surface area contributed by atoms with Gasteiger partial charge in [-0.3, -0.25) is 4.79 Å². The number of fused-ring (bicyclic) bond motifs is 1. The van der Waals surface area contributed by atoms with E-state index in [0.717, 1.165) is 11.3 Å². The number of carbonyl (C=O) groups is 2. The zero-order valence-electron chi connectivity index (χ0n) is 15.7. The first kappa shape index (κ1) is 18.8. The van der Waals surface area contributed by atoms with E-state index in [2.05, 4.69) is 10.1 Å². The van der Waals surface area contributed by atoms with Gasteiger partial charge in [0.1, 0.15) is 13.2 Å². The molecule has 1 N–H and O–H groups in total. The molecule has 6 heteroatoms. The van der Waals surface area contributed by atoms with E-state index in [0.29, 0.717) is 30.1 Å². The molecule has 0 bridgehead atoms. The van der Waals surface area contributed by atoms with Crippen LogP contribution in [0, 0.1) is 5.92 Å². The van der Waals surface area contributed by atoms with Gasteiger partial charge < -0.3 is 19.5 Å². The lowest BCUT2D eigenvalue weighted by molar-refractivity contribution is 0.0600. The Balaban J connectivity index is 1.78. The number of rotatable bonds is 5. The molecule has 2 aromatic rings. The first-order valence-electron chi connectivity index (χ1n) is 8.88. The average Bonchev–Trinajstić information content (AvgIpc) is 2.70. The number of carbonyl (C=O) groups excluding carboxylic acids is 2. The summed E-state index contributed by atoms with van der Waals surface area (Å²) in [6.07, 6.45) is 0. The minimum Gasteiger partial charge on any atom is -0.486 e. The van der Waals surface area contributed by atoms with Crippen LogP contribution in [0.15, 0.2) is 42.5 Å². The zero-order valence-corrected chi connectivity index (χ0v) is 15.7. The summed E-state index contributed by atoms with van der Waals surface area (Å²) >= 11 is 0. The highest BCUT2D eigenvalue weighted by atomic mass is 16.6. The van der Waals surface area contributed by atoms with Gasteiger partial charge in [0.15, 0.2) is 11.5 Å². The van der Waals surface area contributed by atoms with E-state index < -0.39 is 5.97 Å². The van der Waals surface area contributed by atoms with Gasteiger partial charge in [-0.25, -0.2) is 4.79 Å². The van der Waals surface area contributed by atoms with E-state index >= 15 is 0 Å². The maximum Gasteiger partial charge on any atom is 0.337 e. The van der Waals surface area contributed by atoms with Gasteiger partial charge in [0.2, 0.25) is 0 Å². The second-order valence-electron chi connectivity index (χ2n) is 6.67. The largest absolute Gasteiger partial charge is 0.486 e. The Kier molecular flexibility index (Phi) is 5.64. The molecule has 1 heterocycles. The van der Waals surface area contributed by atoms with Crippen molar-refractivity contribution in [2.24, 2.45) is 5.92 Å². The summed E-state index contributed by atoms with van der Waals surface area (Å²) in [7, 11) is 1.32. The standard InChI is InChI=1S/C21H23NO5/c1-13(2)19(16-8-9-17-18(12-16)27-11-10-26-17)22-20(23)14-4-6-15(7-5-14)21(24)25-3/h4-9,12-13,19H,10-11H2,1-3H3,(H,22,23)/t19-/m1/s1. The predicted octanol–water partition coefficient (Wildman–Crippen LogP) is 3.37. The van der Waals surface area contributed by atoms with E-state index in [1.807, 2.05) is 32.0 Å². The molecule has 0 aromatic heterocycles. The van der Waals surface area contributed by atoms with Crippen molar-refractivity contribution in [3.8, 4) is 11.5 Å². The Morgan fingerprint density at radius 1 is 0.963 bits per heavy atom. The maximum atomic E-state index is 12.7. The van der Waals surface area contributed by atoms with Crippen LogP contribution < -0.4 is 14.8 Å². The van der Waals surface area contributed by atoms with E-state index in [1.54, 1.807) is 24.3 Å². The van der Waals surface area contributed by atoms with E-state index in [1.165, 1.54) is 7.11 Å². The van der Waals surface area contributed by atoms with E-state index in [4.69, 9.17) is 9.47 Å². The summed E-state index contributed by atoms with van der Waals surface area (Å²) in [6, 6.07) is 11.9. The van der Waals surface area contributed by atoms with Crippen molar-refractivity contribution in [1.29, 1.82) is 0 Å². The maximum absolute atomic E-state index is 12.7. The van der Waals surface area contributed by atoms with Gasteiger partial charge in [0.25, 0.3) is 5.91 Å². The topological polar surface area (TPSA) is 73.9 Å². The number of hydrogen-bond acceptors (Lipinski definition) is 5. The Labute approximate surface area is 158 Å². The summed E-state index contributed by atoms with van der Waals surface area (Å²) in [5.74, 6) is 0.947. The molecule has 27 heavy (non-hydrogen) atoms. The quantitative estimate of drug-likeness (QED) is 0.818. The summed E-state index contributed by atoms with van der Waals surface area (Å²) in [4.78, 5) is 24.2. The number of benzene rings is 2.